The number of nitrogens with one attached hydrogen (secondary N) is 1. The van der Waals surface area contributed by atoms with Gasteiger partial charge in [0, 0.05) is 25.6 Å². The number of benzene rings is 2. The molecule has 7 heteroatoms. The molecule has 1 heterocycles. The van der Waals surface area contributed by atoms with E-state index in [0.717, 1.165) is 5.56 Å². The molecule has 1 amide bonds. The van der Waals surface area contributed by atoms with Crippen molar-refractivity contribution in [3.63, 3.8) is 0 Å². The number of fused-ring (bicyclic) bond motifs is 1. The number of hydrogen-bond acceptors (Lipinski definition) is 4. The van der Waals surface area contributed by atoms with Gasteiger partial charge in [-0.15, -0.1) is 0 Å². The van der Waals surface area contributed by atoms with E-state index in [0.29, 0.717) is 17.9 Å². The van der Waals surface area contributed by atoms with Crippen LogP contribution in [0, 0.1) is 0 Å². The lowest BCUT2D eigenvalue weighted by Gasteiger charge is -2.21. The van der Waals surface area contributed by atoms with Crippen molar-refractivity contribution in [3.05, 3.63) is 65.2 Å². The lowest BCUT2D eigenvalue weighted by molar-refractivity contribution is -0.130. The lowest BCUT2D eigenvalue weighted by Crippen LogP contribution is -2.27. The molecule has 1 aliphatic rings. The average molecular weight is 414 g/mol. The van der Waals surface area contributed by atoms with Gasteiger partial charge in [0.2, 0.25) is 5.91 Å². The summed E-state index contributed by atoms with van der Waals surface area (Å²) in [6.07, 6.45) is 0.212. The first-order valence-corrected chi connectivity index (χ1v) is 11.1. The molecule has 154 valence electrons. The van der Waals surface area contributed by atoms with Gasteiger partial charge in [-0.1, -0.05) is 57.2 Å². The van der Waals surface area contributed by atoms with Crippen LogP contribution in [0.1, 0.15) is 43.9 Å². The van der Waals surface area contributed by atoms with Crippen LogP contribution < -0.4 is 4.72 Å². The predicted octanol–water partition coefficient (Wildman–Crippen LogP) is 3.07. The smallest absolute Gasteiger partial charge is 0.263 e. The van der Waals surface area contributed by atoms with E-state index in [1.807, 2.05) is 0 Å². The first kappa shape index (κ1) is 21.0. The second-order valence-corrected chi connectivity index (χ2v) is 9.93. The summed E-state index contributed by atoms with van der Waals surface area (Å²) in [7, 11) is -1.79. The van der Waals surface area contributed by atoms with Crippen LogP contribution in [0.3, 0.4) is 0 Å². The fraction of sp³-hybridized carbons (Fsp3) is 0.364. The molecule has 0 saturated heterocycles. The zero-order valence-electron chi connectivity index (χ0n) is 17.3. The van der Waals surface area contributed by atoms with Crippen molar-refractivity contribution in [2.45, 2.75) is 44.0 Å². The summed E-state index contributed by atoms with van der Waals surface area (Å²) in [6.45, 7) is 7.25. The lowest BCUT2D eigenvalue weighted by atomic mass is 9.87. The highest BCUT2D eigenvalue weighted by molar-refractivity contribution is 7.90. The van der Waals surface area contributed by atoms with Gasteiger partial charge in [0.1, 0.15) is 5.84 Å². The minimum absolute atomic E-state index is 0.0385. The van der Waals surface area contributed by atoms with Gasteiger partial charge in [0.15, 0.2) is 0 Å². The molecular weight excluding hydrogens is 386 g/mol. The Bertz CT molecular complexity index is 1040. The number of rotatable bonds is 5. The third kappa shape index (κ3) is 4.85. The van der Waals surface area contributed by atoms with E-state index in [1.54, 1.807) is 36.2 Å². The van der Waals surface area contributed by atoms with Crippen molar-refractivity contribution in [2.75, 3.05) is 13.6 Å². The van der Waals surface area contributed by atoms with Gasteiger partial charge in [0.25, 0.3) is 10.0 Å². The molecule has 0 saturated carbocycles. The molecule has 0 unspecified atom stereocenters. The monoisotopic (exact) mass is 413 g/mol. The number of aliphatic imine (C=N–C) groups is 1. The molecular formula is C22H27N3O3S. The quantitative estimate of drug-likeness (QED) is 0.818. The number of hydrogen-bond donors (Lipinski definition) is 1. The van der Waals surface area contributed by atoms with Crippen molar-refractivity contribution in [2.24, 2.45) is 4.99 Å². The number of amides is 1. The molecule has 3 rings (SSSR count). The van der Waals surface area contributed by atoms with Gasteiger partial charge in [-0.25, -0.2) is 8.42 Å². The Hall–Kier alpha value is -2.67. The van der Waals surface area contributed by atoms with Crippen LogP contribution in [0.4, 0.5) is 0 Å². The van der Waals surface area contributed by atoms with Crippen LogP contribution in [0.2, 0.25) is 0 Å². The maximum Gasteiger partial charge on any atom is 0.263 e. The zero-order valence-corrected chi connectivity index (χ0v) is 18.1. The Morgan fingerprint density at radius 1 is 1.07 bits per heavy atom. The molecule has 0 spiro atoms. The van der Waals surface area contributed by atoms with Crippen LogP contribution in [-0.4, -0.2) is 38.7 Å². The molecule has 0 radical (unpaired) electrons. The predicted molar refractivity (Wildman–Crippen MR) is 114 cm³/mol. The Morgan fingerprint density at radius 3 is 2.38 bits per heavy atom. The van der Waals surface area contributed by atoms with E-state index in [9.17, 15) is 13.2 Å². The van der Waals surface area contributed by atoms with Crippen LogP contribution in [0.15, 0.2) is 58.4 Å². The van der Waals surface area contributed by atoms with Gasteiger partial charge in [-0.2, -0.15) is 0 Å². The second-order valence-electron chi connectivity index (χ2n) is 8.28. The Kier molecular flexibility index (Phi) is 5.80. The number of carbonyl (C=O) groups excluding carboxylic acids is 1. The Balaban J connectivity index is 1.58. The normalized spacial score (nSPS) is 16.3. The van der Waals surface area contributed by atoms with Gasteiger partial charge < -0.3 is 4.90 Å². The van der Waals surface area contributed by atoms with E-state index in [2.05, 4.69) is 54.8 Å². The minimum atomic E-state index is -3.55. The van der Waals surface area contributed by atoms with Crippen molar-refractivity contribution in [1.82, 2.24) is 9.62 Å². The SMILES string of the molecule is CN(Cc1ccc(C(C)(C)C)cc1)C(=O)CCN=C1NS(=O)(=O)c2ccccc21. The van der Waals surface area contributed by atoms with Crippen LogP contribution >= 0.6 is 0 Å². The Morgan fingerprint density at radius 2 is 1.72 bits per heavy atom. The highest BCUT2D eigenvalue weighted by Crippen LogP contribution is 2.23. The van der Waals surface area contributed by atoms with Gasteiger partial charge in [0.05, 0.1) is 11.4 Å². The van der Waals surface area contributed by atoms with Crippen molar-refractivity contribution in [1.29, 1.82) is 0 Å². The third-order valence-corrected chi connectivity index (χ3v) is 6.32. The topological polar surface area (TPSA) is 78.8 Å². The molecule has 0 fully saturated rings. The largest absolute Gasteiger partial charge is 0.341 e. The summed E-state index contributed by atoms with van der Waals surface area (Å²) in [4.78, 5) is 18.6. The molecule has 6 nitrogen and oxygen atoms in total. The maximum absolute atomic E-state index is 12.4. The number of sulfonamides is 1. The molecule has 0 atom stereocenters. The van der Waals surface area contributed by atoms with E-state index in [1.165, 1.54) is 5.56 Å². The molecule has 0 aromatic heterocycles. The fourth-order valence-corrected chi connectivity index (χ4v) is 4.43. The molecule has 2 aromatic rings. The second kappa shape index (κ2) is 7.99. The number of amidine groups is 1. The van der Waals surface area contributed by atoms with Crippen molar-refractivity contribution < 1.29 is 13.2 Å². The number of carbonyl (C=O) groups is 1. The van der Waals surface area contributed by atoms with Crippen molar-refractivity contribution in [3.8, 4) is 0 Å². The molecule has 0 aliphatic carbocycles. The molecule has 1 aliphatic heterocycles. The summed E-state index contributed by atoms with van der Waals surface area (Å²) < 4.78 is 26.6. The summed E-state index contributed by atoms with van der Waals surface area (Å²) in [5.74, 6) is 0.261. The first-order chi connectivity index (χ1) is 13.6. The number of nitrogens with zero attached hydrogens (tertiary/aromatic N) is 2. The summed E-state index contributed by atoms with van der Waals surface area (Å²) >= 11 is 0. The van der Waals surface area contributed by atoms with Gasteiger partial charge >= 0.3 is 0 Å². The zero-order chi connectivity index (χ0) is 21.2. The summed E-state index contributed by atoms with van der Waals surface area (Å²) in [5.41, 5.74) is 2.97. The van der Waals surface area contributed by atoms with E-state index < -0.39 is 10.0 Å². The van der Waals surface area contributed by atoms with E-state index >= 15 is 0 Å². The van der Waals surface area contributed by atoms with Crippen molar-refractivity contribution >= 4 is 21.8 Å². The Labute approximate surface area is 172 Å². The summed E-state index contributed by atoms with van der Waals surface area (Å²) in [5, 5.41) is 0. The van der Waals surface area contributed by atoms with Crippen LogP contribution in [0.25, 0.3) is 0 Å². The molecule has 1 N–H and O–H groups in total. The highest BCUT2D eigenvalue weighted by atomic mass is 32.2. The first-order valence-electron chi connectivity index (χ1n) is 9.58. The van der Waals surface area contributed by atoms with Crippen LogP contribution in [0.5, 0.6) is 0 Å². The van der Waals surface area contributed by atoms with Gasteiger partial charge in [-0.3, -0.25) is 14.5 Å². The van der Waals surface area contributed by atoms with Gasteiger partial charge in [-0.05, 0) is 28.7 Å². The van der Waals surface area contributed by atoms with Crippen LogP contribution in [-0.2, 0) is 26.8 Å². The van der Waals surface area contributed by atoms with E-state index in [-0.39, 0.29) is 29.2 Å². The summed E-state index contributed by atoms with van der Waals surface area (Å²) in [6, 6.07) is 15.0. The maximum atomic E-state index is 12.4. The standard InChI is InChI=1S/C22H27N3O3S/c1-22(2,3)17-11-9-16(10-12-17)15-25(4)20(26)13-14-23-21-18-7-5-6-8-19(18)29(27,28)24-21/h5-12H,13-15H2,1-4H3,(H,23,24). The minimum Gasteiger partial charge on any atom is -0.341 e. The van der Waals surface area contributed by atoms with E-state index in [4.69, 9.17) is 0 Å². The molecule has 29 heavy (non-hydrogen) atoms. The fourth-order valence-electron chi connectivity index (χ4n) is 3.18. The third-order valence-electron chi connectivity index (χ3n) is 4.92. The molecule has 0 bridgehead atoms. The molecule has 2 aromatic carbocycles. The highest BCUT2D eigenvalue weighted by Gasteiger charge is 2.30. The average Bonchev–Trinajstić information content (AvgIpc) is 2.92.